The molecule has 0 aliphatic heterocycles. The highest BCUT2D eigenvalue weighted by molar-refractivity contribution is 5.69. The maximum absolute atomic E-state index is 11.6. The quantitative estimate of drug-likeness (QED) is 0.0486. The van der Waals surface area contributed by atoms with Crippen LogP contribution in [0.3, 0.4) is 0 Å². The molecule has 49 heavy (non-hydrogen) atoms. The van der Waals surface area contributed by atoms with Crippen LogP contribution in [0.5, 0.6) is 0 Å². The van der Waals surface area contributed by atoms with Gasteiger partial charge in [-0.25, -0.2) is 0 Å². The topological polar surface area (TPSA) is 109 Å². The molecule has 0 fully saturated rings. The fourth-order valence-corrected chi connectivity index (χ4v) is 4.63. The summed E-state index contributed by atoms with van der Waals surface area (Å²) in [5.41, 5.74) is -0.469. The van der Waals surface area contributed by atoms with Crippen LogP contribution < -0.4 is 0 Å². The van der Waals surface area contributed by atoms with Crippen LogP contribution in [0, 0.1) is 0 Å². The van der Waals surface area contributed by atoms with Gasteiger partial charge in [-0.1, -0.05) is 84.0 Å². The van der Waals surface area contributed by atoms with Crippen molar-refractivity contribution in [1.29, 1.82) is 0 Å². The fraction of sp³-hybridized carbons (Fsp3) is 0.974. The summed E-state index contributed by atoms with van der Waals surface area (Å²) in [6, 6.07) is 0. The summed E-state index contributed by atoms with van der Waals surface area (Å²) in [6.07, 6.45) is 18.0. The number of carbonyl (C=O) groups excluding carboxylic acids is 1. The van der Waals surface area contributed by atoms with Gasteiger partial charge in [0.25, 0.3) is 0 Å². The van der Waals surface area contributed by atoms with Crippen molar-refractivity contribution >= 4 is 5.97 Å². The van der Waals surface area contributed by atoms with Gasteiger partial charge in [0.15, 0.2) is 0 Å². The van der Waals surface area contributed by atoms with Gasteiger partial charge in [0, 0.05) is 6.61 Å². The molecule has 294 valence electrons. The van der Waals surface area contributed by atoms with E-state index in [0.29, 0.717) is 112 Å². The molecule has 0 heterocycles. The van der Waals surface area contributed by atoms with E-state index >= 15 is 0 Å². The van der Waals surface area contributed by atoms with Crippen molar-refractivity contribution in [2.24, 2.45) is 0 Å². The first-order chi connectivity index (χ1) is 24.0. The second-order valence-corrected chi connectivity index (χ2v) is 13.1. The van der Waals surface area contributed by atoms with E-state index < -0.39 is 5.60 Å². The van der Waals surface area contributed by atoms with Gasteiger partial charge in [-0.05, 0) is 27.2 Å². The molecule has 0 aromatic carbocycles. The van der Waals surface area contributed by atoms with Crippen molar-refractivity contribution in [1.82, 2.24) is 0 Å². The number of hydrogen-bond acceptors (Lipinski definition) is 11. The number of ether oxygens (including phenoxy) is 10. The SMILES string of the molecule is CCCCCCCCCCCCCCCOCCOCCOCCOCCOCCOCCOCCOCCOCCC(=O)OC(C)(C)C. The second-order valence-electron chi connectivity index (χ2n) is 13.1. The van der Waals surface area contributed by atoms with Gasteiger partial charge in [0.05, 0.1) is 119 Å². The van der Waals surface area contributed by atoms with E-state index in [1.807, 2.05) is 20.8 Å². The van der Waals surface area contributed by atoms with Crippen molar-refractivity contribution in [3.63, 3.8) is 0 Å². The molecule has 11 nitrogen and oxygen atoms in total. The van der Waals surface area contributed by atoms with E-state index in [1.54, 1.807) is 0 Å². The molecule has 0 amide bonds. The molecule has 0 unspecified atom stereocenters. The zero-order valence-corrected chi connectivity index (χ0v) is 32.1. The summed E-state index contributed by atoms with van der Waals surface area (Å²) in [5.74, 6) is -0.259. The number of esters is 1. The van der Waals surface area contributed by atoms with Gasteiger partial charge in [0.2, 0.25) is 0 Å². The molecular formula is C38H76O11. The predicted molar refractivity (Wildman–Crippen MR) is 194 cm³/mol. The van der Waals surface area contributed by atoms with Gasteiger partial charge < -0.3 is 47.4 Å². The largest absolute Gasteiger partial charge is 0.460 e. The summed E-state index contributed by atoms with van der Waals surface area (Å²) >= 11 is 0. The van der Waals surface area contributed by atoms with Crippen molar-refractivity contribution in [2.75, 3.05) is 119 Å². The molecule has 0 saturated heterocycles. The molecular weight excluding hydrogens is 632 g/mol. The van der Waals surface area contributed by atoms with E-state index in [-0.39, 0.29) is 12.4 Å². The highest BCUT2D eigenvalue weighted by Crippen LogP contribution is 2.12. The molecule has 0 aliphatic rings. The zero-order valence-electron chi connectivity index (χ0n) is 32.1. The number of rotatable bonds is 41. The minimum absolute atomic E-state index is 0.238. The Morgan fingerprint density at radius 1 is 0.347 bits per heavy atom. The Balaban J connectivity index is 3.09. The lowest BCUT2D eigenvalue weighted by Crippen LogP contribution is -2.24. The van der Waals surface area contributed by atoms with Gasteiger partial charge in [-0.3, -0.25) is 4.79 Å². The Hall–Kier alpha value is -0.890. The predicted octanol–water partition coefficient (Wildman–Crippen LogP) is 6.96. The number of unbranched alkanes of at least 4 members (excludes halogenated alkanes) is 12. The average molecular weight is 709 g/mol. The Bertz CT molecular complexity index is 646. The lowest BCUT2D eigenvalue weighted by atomic mass is 10.0. The fourth-order valence-electron chi connectivity index (χ4n) is 4.63. The van der Waals surface area contributed by atoms with Crippen LogP contribution in [-0.4, -0.2) is 130 Å². The first-order valence-electron chi connectivity index (χ1n) is 19.4. The van der Waals surface area contributed by atoms with E-state index in [0.717, 1.165) is 13.0 Å². The minimum atomic E-state index is -0.469. The lowest BCUT2D eigenvalue weighted by Gasteiger charge is -2.19. The van der Waals surface area contributed by atoms with E-state index in [2.05, 4.69) is 6.92 Å². The molecule has 0 radical (unpaired) electrons. The van der Waals surface area contributed by atoms with Gasteiger partial charge >= 0.3 is 5.97 Å². The van der Waals surface area contributed by atoms with Crippen LogP contribution in [0.1, 0.15) is 118 Å². The summed E-state index contributed by atoms with van der Waals surface area (Å²) in [4.78, 5) is 11.6. The molecule has 0 aromatic heterocycles. The standard InChI is InChI=1S/C38H76O11/c1-5-6-7-8-9-10-11-12-13-14-15-16-17-19-40-21-23-42-25-27-44-29-31-46-33-35-48-36-34-47-32-30-45-28-26-43-24-22-41-20-18-37(39)49-38(2,3)4/h5-36H2,1-4H3. The third kappa shape index (κ3) is 45.1. The lowest BCUT2D eigenvalue weighted by molar-refractivity contribution is -0.156. The van der Waals surface area contributed by atoms with Crippen LogP contribution in [-0.2, 0) is 52.2 Å². The summed E-state index contributed by atoms with van der Waals surface area (Å²) in [5, 5.41) is 0. The zero-order chi connectivity index (χ0) is 35.8. The maximum atomic E-state index is 11.6. The van der Waals surface area contributed by atoms with E-state index in [1.165, 1.54) is 77.0 Å². The number of hydrogen-bond donors (Lipinski definition) is 0. The molecule has 0 saturated carbocycles. The van der Waals surface area contributed by atoms with Gasteiger partial charge in [-0.15, -0.1) is 0 Å². The molecule has 0 aromatic rings. The van der Waals surface area contributed by atoms with Gasteiger partial charge in [0.1, 0.15) is 5.60 Å². The Kier molecular flexibility index (Phi) is 39.2. The number of carbonyl (C=O) groups is 1. The highest BCUT2D eigenvalue weighted by atomic mass is 16.6. The normalized spacial score (nSPS) is 11.8. The van der Waals surface area contributed by atoms with Crippen LogP contribution in [0.25, 0.3) is 0 Å². The average Bonchev–Trinajstić information content (AvgIpc) is 3.06. The van der Waals surface area contributed by atoms with Crippen molar-refractivity contribution in [3.05, 3.63) is 0 Å². The Labute approximate surface area is 300 Å². The molecule has 11 heteroatoms. The van der Waals surface area contributed by atoms with E-state index in [9.17, 15) is 4.79 Å². The second kappa shape index (κ2) is 39.9. The molecule has 0 N–H and O–H groups in total. The maximum Gasteiger partial charge on any atom is 0.308 e. The molecule has 0 atom stereocenters. The van der Waals surface area contributed by atoms with Crippen molar-refractivity contribution in [2.45, 2.75) is 123 Å². The van der Waals surface area contributed by atoms with Crippen LogP contribution in [0.15, 0.2) is 0 Å². The van der Waals surface area contributed by atoms with Gasteiger partial charge in [-0.2, -0.15) is 0 Å². The third-order valence-corrected chi connectivity index (χ3v) is 7.24. The van der Waals surface area contributed by atoms with Crippen LogP contribution in [0.2, 0.25) is 0 Å². The summed E-state index contributed by atoms with van der Waals surface area (Å²) in [7, 11) is 0. The first kappa shape index (κ1) is 48.1. The Morgan fingerprint density at radius 3 is 0.878 bits per heavy atom. The summed E-state index contributed by atoms with van der Waals surface area (Å²) in [6.45, 7) is 17.3. The third-order valence-electron chi connectivity index (χ3n) is 7.24. The molecule has 0 spiro atoms. The minimum Gasteiger partial charge on any atom is -0.460 e. The molecule has 0 aliphatic carbocycles. The van der Waals surface area contributed by atoms with Crippen molar-refractivity contribution < 1.29 is 52.2 Å². The molecule has 0 bridgehead atoms. The van der Waals surface area contributed by atoms with Crippen LogP contribution >= 0.6 is 0 Å². The van der Waals surface area contributed by atoms with Crippen molar-refractivity contribution in [3.8, 4) is 0 Å². The smallest absolute Gasteiger partial charge is 0.308 e. The van der Waals surface area contributed by atoms with E-state index in [4.69, 9.17) is 47.4 Å². The highest BCUT2D eigenvalue weighted by Gasteiger charge is 2.15. The monoisotopic (exact) mass is 709 g/mol. The Morgan fingerprint density at radius 2 is 0.592 bits per heavy atom. The molecule has 0 rings (SSSR count). The van der Waals surface area contributed by atoms with Crippen LogP contribution in [0.4, 0.5) is 0 Å². The summed E-state index contributed by atoms with van der Waals surface area (Å²) < 4.78 is 54.7. The first-order valence-corrected chi connectivity index (χ1v) is 19.4.